The van der Waals surface area contributed by atoms with Gasteiger partial charge in [0.25, 0.3) is 5.88 Å². The largest absolute Gasteiger partial charge is 0.491 e. The lowest BCUT2D eigenvalue weighted by molar-refractivity contribution is 0.00695. The normalized spacial score (nSPS) is 11.2. The maximum absolute atomic E-state index is 12.3. The zero-order chi connectivity index (χ0) is 28.3. The minimum absolute atomic E-state index is 0.352. The van der Waals surface area contributed by atoms with Gasteiger partial charge in [-0.2, -0.15) is 10.1 Å². The molecule has 10 nitrogen and oxygen atoms in total. The molecular formula is C30H30N6O4. The van der Waals surface area contributed by atoms with Gasteiger partial charge in [0.15, 0.2) is 11.4 Å². The van der Waals surface area contributed by atoms with Gasteiger partial charge < -0.3 is 24.8 Å². The van der Waals surface area contributed by atoms with E-state index in [1.165, 1.54) is 0 Å². The maximum Gasteiger partial charge on any atom is 0.338 e. The van der Waals surface area contributed by atoms with Gasteiger partial charge in [-0.15, -0.1) is 0 Å². The van der Waals surface area contributed by atoms with Crippen LogP contribution in [0.3, 0.4) is 0 Å². The van der Waals surface area contributed by atoms with Crippen molar-refractivity contribution in [3.05, 3.63) is 84.7 Å². The number of hydrogen-bond donors (Lipinski definition) is 2. The van der Waals surface area contributed by atoms with Crippen molar-refractivity contribution in [1.29, 1.82) is 0 Å². The summed E-state index contributed by atoms with van der Waals surface area (Å²) in [6.45, 7) is 5.54. The number of carbonyl (C=O) groups is 1. The number of ether oxygens (including phenoxy) is 3. The van der Waals surface area contributed by atoms with Gasteiger partial charge in [0.2, 0.25) is 0 Å². The zero-order valence-electron chi connectivity index (χ0n) is 22.9. The third kappa shape index (κ3) is 5.96. The van der Waals surface area contributed by atoms with Crippen LogP contribution in [0.15, 0.2) is 79.1 Å². The number of anilines is 4. The SMILES string of the molecule is COc1ccc(Nc2cc(-c3cccc(Nc4ccc(C(=O)OC(C)(C)C)cc4)c3)nn3ccnc23)nc1OC. The molecule has 40 heavy (non-hydrogen) atoms. The number of nitrogens with one attached hydrogen (secondary N) is 2. The molecule has 3 aromatic heterocycles. The second-order valence-electron chi connectivity index (χ2n) is 9.96. The van der Waals surface area contributed by atoms with Gasteiger partial charge in [-0.3, -0.25) is 0 Å². The summed E-state index contributed by atoms with van der Waals surface area (Å²) >= 11 is 0. The van der Waals surface area contributed by atoms with E-state index in [9.17, 15) is 4.79 Å². The van der Waals surface area contributed by atoms with Crippen LogP contribution in [0.1, 0.15) is 31.1 Å². The summed E-state index contributed by atoms with van der Waals surface area (Å²) < 4.78 is 17.8. The summed E-state index contributed by atoms with van der Waals surface area (Å²) in [4.78, 5) is 21.3. The lowest BCUT2D eigenvalue weighted by Gasteiger charge is -2.19. The molecule has 0 aliphatic rings. The van der Waals surface area contributed by atoms with E-state index in [-0.39, 0.29) is 5.97 Å². The first-order valence-corrected chi connectivity index (χ1v) is 12.6. The number of methoxy groups -OCH3 is 2. The fourth-order valence-corrected chi connectivity index (χ4v) is 4.04. The van der Waals surface area contributed by atoms with E-state index in [0.717, 1.165) is 28.3 Å². The van der Waals surface area contributed by atoms with Crippen molar-refractivity contribution in [3.63, 3.8) is 0 Å². The van der Waals surface area contributed by atoms with Gasteiger partial charge in [0.1, 0.15) is 11.4 Å². The maximum atomic E-state index is 12.3. The Morgan fingerprint density at radius 1 is 0.900 bits per heavy atom. The molecule has 3 heterocycles. The van der Waals surface area contributed by atoms with E-state index >= 15 is 0 Å². The van der Waals surface area contributed by atoms with Gasteiger partial charge in [0, 0.05) is 29.3 Å². The van der Waals surface area contributed by atoms with Crippen LogP contribution in [0.25, 0.3) is 16.9 Å². The van der Waals surface area contributed by atoms with Crippen molar-refractivity contribution < 1.29 is 19.0 Å². The number of fused-ring (bicyclic) bond motifs is 1. The fourth-order valence-electron chi connectivity index (χ4n) is 4.04. The number of rotatable bonds is 8. The average Bonchev–Trinajstić information content (AvgIpc) is 3.42. The molecule has 0 radical (unpaired) electrons. The van der Waals surface area contributed by atoms with E-state index in [0.29, 0.717) is 28.7 Å². The number of pyridine rings is 1. The van der Waals surface area contributed by atoms with Crippen LogP contribution < -0.4 is 20.1 Å². The average molecular weight is 539 g/mol. The van der Waals surface area contributed by atoms with Crippen molar-refractivity contribution in [2.24, 2.45) is 0 Å². The zero-order valence-corrected chi connectivity index (χ0v) is 22.9. The fraction of sp³-hybridized carbons (Fsp3) is 0.200. The van der Waals surface area contributed by atoms with Crippen LogP contribution in [0.5, 0.6) is 11.6 Å². The van der Waals surface area contributed by atoms with E-state index in [1.807, 2.05) is 63.2 Å². The first-order valence-electron chi connectivity index (χ1n) is 12.6. The first-order chi connectivity index (χ1) is 19.2. The number of esters is 1. The van der Waals surface area contributed by atoms with E-state index in [1.54, 1.807) is 55.4 Å². The molecule has 5 aromatic rings. The summed E-state index contributed by atoms with van der Waals surface area (Å²) in [5.74, 6) is 1.14. The van der Waals surface area contributed by atoms with Crippen LogP contribution in [0, 0.1) is 0 Å². The van der Waals surface area contributed by atoms with Gasteiger partial charge in [-0.1, -0.05) is 12.1 Å². The van der Waals surface area contributed by atoms with Crippen molar-refractivity contribution in [1.82, 2.24) is 19.6 Å². The number of imidazole rings is 1. The van der Waals surface area contributed by atoms with E-state index < -0.39 is 5.60 Å². The molecule has 204 valence electrons. The predicted molar refractivity (Wildman–Crippen MR) is 154 cm³/mol. The quantitative estimate of drug-likeness (QED) is 0.221. The lowest BCUT2D eigenvalue weighted by Crippen LogP contribution is -2.23. The Bertz CT molecular complexity index is 1660. The van der Waals surface area contributed by atoms with Crippen molar-refractivity contribution in [2.75, 3.05) is 24.9 Å². The van der Waals surface area contributed by atoms with Crippen molar-refractivity contribution in [3.8, 4) is 22.9 Å². The van der Waals surface area contributed by atoms with Gasteiger partial charge in [-0.25, -0.2) is 14.3 Å². The Kier molecular flexibility index (Phi) is 7.24. The Morgan fingerprint density at radius 2 is 1.70 bits per heavy atom. The van der Waals surface area contributed by atoms with Gasteiger partial charge in [0.05, 0.1) is 31.2 Å². The van der Waals surface area contributed by atoms with E-state index in [4.69, 9.17) is 19.3 Å². The summed E-state index contributed by atoms with van der Waals surface area (Å²) in [5.41, 5.74) is 4.67. The number of benzene rings is 2. The number of aromatic nitrogens is 4. The molecule has 0 aliphatic carbocycles. The van der Waals surface area contributed by atoms with Crippen molar-refractivity contribution >= 4 is 34.5 Å². The summed E-state index contributed by atoms with van der Waals surface area (Å²) in [6.07, 6.45) is 3.48. The van der Waals surface area contributed by atoms with Crippen LogP contribution in [-0.2, 0) is 4.74 Å². The predicted octanol–water partition coefficient (Wildman–Crippen LogP) is 6.25. The topological polar surface area (TPSA) is 112 Å². The molecule has 0 atom stereocenters. The monoisotopic (exact) mass is 538 g/mol. The second-order valence-corrected chi connectivity index (χ2v) is 9.96. The highest BCUT2D eigenvalue weighted by atomic mass is 16.6. The molecule has 0 saturated carbocycles. The molecule has 2 N–H and O–H groups in total. The lowest BCUT2D eigenvalue weighted by atomic mass is 10.1. The molecule has 0 amide bonds. The Labute approximate surface area is 232 Å². The molecule has 10 heteroatoms. The smallest absolute Gasteiger partial charge is 0.338 e. The second kappa shape index (κ2) is 10.9. The van der Waals surface area contributed by atoms with Gasteiger partial charge >= 0.3 is 5.97 Å². The Balaban J connectivity index is 1.39. The van der Waals surface area contributed by atoms with Crippen LogP contribution in [0.4, 0.5) is 22.9 Å². The molecule has 0 saturated heterocycles. The standard InChI is InChI=1S/C30H30N6O4/c1-30(2,3)40-29(37)19-9-11-21(12-10-19)32-22-8-6-7-20(17-22)23-18-24(27-31-15-16-36(27)35-23)33-26-14-13-25(38-4)28(34-26)39-5/h6-18,32H,1-5H3,(H,33,34). The third-order valence-corrected chi connectivity index (χ3v) is 5.83. The minimum Gasteiger partial charge on any atom is -0.491 e. The molecule has 5 rings (SSSR count). The Hall–Kier alpha value is -5.12. The van der Waals surface area contributed by atoms with E-state index in [2.05, 4.69) is 20.6 Å². The van der Waals surface area contributed by atoms with Gasteiger partial charge in [-0.05, 0) is 75.4 Å². The highest BCUT2D eigenvalue weighted by Gasteiger charge is 2.18. The summed E-state index contributed by atoms with van der Waals surface area (Å²) in [6, 6.07) is 20.6. The molecular weight excluding hydrogens is 508 g/mol. The summed E-state index contributed by atoms with van der Waals surface area (Å²) in [5, 5.41) is 11.5. The molecule has 0 fully saturated rings. The molecule has 0 bridgehead atoms. The first kappa shape index (κ1) is 26.5. The van der Waals surface area contributed by atoms with Crippen molar-refractivity contribution in [2.45, 2.75) is 26.4 Å². The number of carbonyl (C=O) groups excluding carboxylic acids is 1. The summed E-state index contributed by atoms with van der Waals surface area (Å²) in [7, 11) is 3.11. The highest BCUT2D eigenvalue weighted by molar-refractivity contribution is 5.90. The molecule has 2 aromatic carbocycles. The van der Waals surface area contributed by atoms with Crippen LogP contribution in [0.2, 0.25) is 0 Å². The molecule has 0 aliphatic heterocycles. The third-order valence-electron chi connectivity index (χ3n) is 5.83. The number of nitrogens with zero attached hydrogens (tertiary/aromatic N) is 4. The number of hydrogen-bond acceptors (Lipinski definition) is 9. The minimum atomic E-state index is -0.546. The Morgan fingerprint density at radius 3 is 2.42 bits per heavy atom. The highest BCUT2D eigenvalue weighted by Crippen LogP contribution is 2.31. The van der Waals surface area contributed by atoms with Crippen LogP contribution >= 0.6 is 0 Å². The molecule has 0 spiro atoms. The van der Waals surface area contributed by atoms with Crippen LogP contribution in [-0.4, -0.2) is 45.4 Å². The molecule has 0 unspecified atom stereocenters.